The first-order chi connectivity index (χ1) is 6.18. The van der Waals surface area contributed by atoms with Crippen molar-refractivity contribution < 1.29 is 8.76 Å². The first-order valence-corrected chi connectivity index (χ1v) is 5.26. The first-order valence-electron chi connectivity index (χ1n) is 3.98. The minimum atomic E-state index is -1.74. The second kappa shape index (κ2) is 5.11. The summed E-state index contributed by atoms with van der Waals surface area (Å²) >= 11 is -1.74. The maximum absolute atomic E-state index is 10.5. The molecule has 72 valence electrons. The van der Waals surface area contributed by atoms with Crippen LogP contribution in [0.25, 0.3) is 0 Å². The van der Waals surface area contributed by atoms with Gasteiger partial charge in [0, 0.05) is 6.54 Å². The lowest BCUT2D eigenvalue weighted by molar-refractivity contribution is 0.371. The normalized spacial score (nSPS) is 13.2. The maximum Gasteiger partial charge on any atom is 0.167 e. The Morgan fingerprint density at radius 2 is 2.00 bits per heavy atom. The standard InChI is InChI=1S/C9H13NO2S/c1-10(8-13(11)12)7-9-5-3-2-4-6-9/h2-6H,7-8H2,1H3,(H,11,12). The van der Waals surface area contributed by atoms with Gasteiger partial charge in [-0.25, -0.2) is 4.21 Å². The summed E-state index contributed by atoms with van der Waals surface area (Å²) in [5.74, 6) is 0.189. The van der Waals surface area contributed by atoms with Crippen molar-refractivity contribution in [1.29, 1.82) is 0 Å². The third-order valence-electron chi connectivity index (χ3n) is 1.63. The molecular formula is C9H13NO2S. The third-order valence-corrected chi connectivity index (χ3v) is 2.29. The number of benzene rings is 1. The van der Waals surface area contributed by atoms with E-state index in [0.29, 0.717) is 6.54 Å². The number of hydrogen-bond donors (Lipinski definition) is 1. The molecule has 1 rings (SSSR count). The molecule has 0 aromatic heterocycles. The second-order valence-corrected chi connectivity index (χ2v) is 3.85. The number of nitrogens with zero attached hydrogens (tertiary/aromatic N) is 1. The largest absolute Gasteiger partial charge is 0.305 e. The van der Waals surface area contributed by atoms with Crippen LogP contribution in [0.4, 0.5) is 0 Å². The highest BCUT2D eigenvalue weighted by molar-refractivity contribution is 7.79. The Labute approximate surface area is 80.7 Å². The van der Waals surface area contributed by atoms with E-state index in [1.807, 2.05) is 42.3 Å². The zero-order valence-corrected chi connectivity index (χ0v) is 8.33. The molecule has 1 atom stereocenters. The topological polar surface area (TPSA) is 40.5 Å². The molecule has 0 fully saturated rings. The quantitative estimate of drug-likeness (QED) is 0.743. The van der Waals surface area contributed by atoms with Crippen molar-refractivity contribution in [3.63, 3.8) is 0 Å². The van der Waals surface area contributed by atoms with Crippen molar-refractivity contribution in [1.82, 2.24) is 4.90 Å². The lowest BCUT2D eigenvalue weighted by Crippen LogP contribution is -2.21. The summed E-state index contributed by atoms with van der Waals surface area (Å²) in [7, 11) is 1.82. The van der Waals surface area contributed by atoms with Crippen LogP contribution in [0.1, 0.15) is 5.56 Å². The summed E-state index contributed by atoms with van der Waals surface area (Å²) in [6.07, 6.45) is 0. The number of hydrogen-bond acceptors (Lipinski definition) is 2. The highest BCUT2D eigenvalue weighted by atomic mass is 32.2. The lowest BCUT2D eigenvalue weighted by atomic mass is 10.2. The van der Waals surface area contributed by atoms with Crippen molar-refractivity contribution in [2.45, 2.75) is 6.54 Å². The Kier molecular flexibility index (Phi) is 4.08. The zero-order valence-electron chi connectivity index (χ0n) is 7.51. The molecule has 0 saturated carbocycles. The molecule has 3 nitrogen and oxygen atoms in total. The predicted octanol–water partition coefficient (Wildman–Crippen LogP) is 1.30. The minimum absolute atomic E-state index is 0.189. The van der Waals surface area contributed by atoms with Gasteiger partial charge in [0.05, 0.1) is 0 Å². The molecule has 0 amide bonds. The van der Waals surface area contributed by atoms with E-state index in [0.717, 1.165) is 5.56 Å². The van der Waals surface area contributed by atoms with E-state index in [4.69, 9.17) is 4.55 Å². The molecule has 0 spiro atoms. The zero-order chi connectivity index (χ0) is 9.68. The molecule has 0 radical (unpaired) electrons. The van der Waals surface area contributed by atoms with Crippen LogP contribution in [0.3, 0.4) is 0 Å². The first kappa shape index (κ1) is 10.4. The molecular weight excluding hydrogens is 186 g/mol. The predicted molar refractivity (Wildman–Crippen MR) is 53.5 cm³/mol. The summed E-state index contributed by atoms with van der Waals surface area (Å²) in [5.41, 5.74) is 1.15. The third kappa shape index (κ3) is 4.17. The Morgan fingerprint density at radius 3 is 2.54 bits per heavy atom. The van der Waals surface area contributed by atoms with Crippen LogP contribution in [-0.4, -0.2) is 26.6 Å². The molecule has 13 heavy (non-hydrogen) atoms. The van der Waals surface area contributed by atoms with E-state index in [9.17, 15) is 4.21 Å². The minimum Gasteiger partial charge on any atom is -0.305 e. The molecule has 1 aromatic carbocycles. The molecule has 1 aromatic rings. The van der Waals surface area contributed by atoms with Crippen LogP contribution in [0, 0.1) is 0 Å². The van der Waals surface area contributed by atoms with Gasteiger partial charge in [0.15, 0.2) is 11.1 Å². The van der Waals surface area contributed by atoms with Crippen molar-refractivity contribution in [2.75, 3.05) is 12.9 Å². The van der Waals surface area contributed by atoms with E-state index < -0.39 is 11.1 Å². The Balaban J connectivity index is 2.45. The molecule has 1 N–H and O–H groups in total. The van der Waals surface area contributed by atoms with E-state index in [2.05, 4.69) is 0 Å². The van der Waals surface area contributed by atoms with Crippen LogP contribution >= 0.6 is 0 Å². The van der Waals surface area contributed by atoms with Gasteiger partial charge in [0.25, 0.3) is 0 Å². The van der Waals surface area contributed by atoms with E-state index in [1.165, 1.54) is 0 Å². The summed E-state index contributed by atoms with van der Waals surface area (Å²) in [6.45, 7) is 0.702. The molecule has 0 aliphatic heterocycles. The van der Waals surface area contributed by atoms with E-state index in [-0.39, 0.29) is 5.88 Å². The van der Waals surface area contributed by atoms with Crippen molar-refractivity contribution in [3.05, 3.63) is 35.9 Å². The fourth-order valence-corrected chi connectivity index (χ4v) is 1.60. The molecule has 0 heterocycles. The van der Waals surface area contributed by atoms with Gasteiger partial charge in [0.1, 0.15) is 5.88 Å². The number of rotatable bonds is 4. The highest BCUT2D eigenvalue weighted by Gasteiger charge is 2.02. The van der Waals surface area contributed by atoms with Gasteiger partial charge >= 0.3 is 0 Å². The van der Waals surface area contributed by atoms with Gasteiger partial charge in [-0.1, -0.05) is 30.3 Å². The Morgan fingerprint density at radius 1 is 1.38 bits per heavy atom. The summed E-state index contributed by atoms with van der Waals surface area (Å²) < 4.78 is 19.1. The average Bonchev–Trinajstić information content (AvgIpc) is 2.04. The monoisotopic (exact) mass is 199 g/mol. The van der Waals surface area contributed by atoms with Gasteiger partial charge in [-0.2, -0.15) is 0 Å². The summed E-state index contributed by atoms with van der Waals surface area (Å²) in [5, 5.41) is 0. The molecule has 4 heteroatoms. The van der Waals surface area contributed by atoms with Gasteiger partial charge in [-0.15, -0.1) is 0 Å². The van der Waals surface area contributed by atoms with Crippen LogP contribution in [0.15, 0.2) is 30.3 Å². The second-order valence-electron chi connectivity index (χ2n) is 2.95. The van der Waals surface area contributed by atoms with E-state index >= 15 is 0 Å². The van der Waals surface area contributed by atoms with Crippen LogP contribution < -0.4 is 0 Å². The van der Waals surface area contributed by atoms with Gasteiger partial charge < -0.3 is 4.55 Å². The van der Waals surface area contributed by atoms with Crippen molar-refractivity contribution in [3.8, 4) is 0 Å². The Bertz CT molecular complexity index is 276. The molecule has 1 unspecified atom stereocenters. The molecule has 0 bridgehead atoms. The van der Waals surface area contributed by atoms with Crippen molar-refractivity contribution >= 4 is 11.1 Å². The highest BCUT2D eigenvalue weighted by Crippen LogP contribution is 2.02. The van der Waals surface area contributed by atoms with Gasteiger partial charge in [-0.3, -0.25) is 4.90 Å². The smallest absolute Gasteiger partial charge is 0.167 e. The molecule has 0 aliphatic rings. The fraction of sp³-hybridized carbons (Fsp3) is 0.333. The van der Waals surface area contributed by atoms with Crippen LogP contribution in [0.2, 0.25) is 0 Å². The molecule has 0 aliphatic carbocycles. The van der Waals surface area contributed by atoms with Crippen LogP contribution in [0.5, 0.6) is 0 Å². The Hall–Kier alpha value is -0.710. The summed E-state index contributed by atoms with van der Waals surface area (Å²) in [6, 6.07) is 9.86. The van der Waals surface area contributed by atoms with Crippen LogP contribution in [-0.2, 0) is 17.6 Å². The SMILES string of the molecule is CN(Cc1ccccc1)CS(=O)O. The molecule has 0 saturated heterocycles. The van der Waals surface area contributed by atoms with Gasteiger partial charge in [0.2, 0.25) is 0 Å². The fourth-order valence-electron chi connectivity index (χ4n) is 1.13. The van der Waals surface area contributed by atoms with Crippen molar-refractivity contribution in [2.24, 2.45) is 0 Å². The maximum atomic E-state index is 10.5. The van der Waals surface area contributed by atoms with Gasteiger partial charge in [-0.05, 0) is 12.6 Å². The lowest BCUT2D eigenvalue weighted by Gasteiger charge is -2.13. The average molecular weight is 199 g/mol. The summed E-state index contributed by atoms with van der Waals surface area (Å²) in [4.78, 5) is 1.81. The van der Waals surface area contributed by atoms with E-state index in [1.54, 1.807) is 0 Å².